The summed E-state index contributed by atoms with van der Waals surface area (Å²) in [6, 6.07) is 14.9. The molecule has 1 N–H and O–H groups in total. The van der Waals surface area contributed by atoms with Gasteiger partial charge in [-0.3, -0.25) is 24.1 Å². The van der Waals surface area contributed by atoms with E-state index in [-0.39, 0.29) is 23.9 Å². The Morgan fingerprint density at radius 1 is 1.03 bits per heavy atom. The number of aryl methyl sites for hydroxylation is 1. The van der Waals surface area contributed by atoms with Crippen molar-refractivity contribution in [3.05, 3.63) is 70.8 Å². The third-order valence-electron chi connectivity index (χ3n) is 6.29. The lowest BCUT2D eigenvalue weighted by Crippen LogP contribution is -2.42. The van der Waals surface area contributed by atoms with Crippen LogP contribution in [-0.4, -0.2) is 70.2 Å². The van der Waals surface area contributed by atoms with Crippen molar-refractivity contribution in [1.29, 1.82) is 0 Å². The maximum Gasteiger partial charge on any atom is 0.294 e. The fourth-order valence-corrected chi connectivity index (χ4v) is 5.17. The molecule has 0 saturated carbocycles. The minimum atomic E-state index is -0.518. The number of morpholine rings is 1. The van der Waals surface area contributed by atoms with Crippen LogP contribution in [0.4, 0.5) is 10.5 Å². The normalized spacial score (nSPS) is 17.2. The van der Waals surface area contributed by atoms with E-state index < -0.39 is 17.1 Å². The lowest BCUT2D eigenvalue weighted by Gasteiger charge is -2.27. The summed E-state index contributed by atoms with van der Waals surface area (Å²) in [5, 5.41) is 3.08. The second-order valence-electron chi connectivity index (χ2n) is 8.90. The number of ether oxygens (including phenoxy) is 1. The Bertz CT molecular complexity index is 1410. The molecule has 0 aliphatic carbocycles. The molecule has 0 spiro atoms. The highest BCUT2D eigenvalue weighted by Crippen LogP contribution is 2.34. The average molecular weight is 519 g/mol. The Labute approximate surface area is 218 Å². The first kappa shape index (κ1) is 24.8. The van der Waals surface area contributed by atoms with Gasteiger partial charge < -0.3 is 19.5 Å². The number of benzene rings is 2. The third-order valence-corrected chi connectivity index (χ3v) is 7.19. The topological polar surface area (TPSA) is 101 Å². The lowest BCUT2D eigenvalue weighted by molar-refractivity contribution is -0.135. The third kappa shape index (κ3) is 5.45. The number of thioether (sulfide) groups is 1. The van der Waals surface area contributed by atoms with Crippen LogP contribution in [0.15, 0.2) is 59.6 Å². The van der Waals surface area contributed by atoms with E-state index >= 15 is 0 Å². The molecule has 0 bridgehead atoms. The molecule has 2 aliphatic rings. The molecule has 37 heavy (non-hydrogen) atoms. The Hall–Kier alpha value is -3.89. The number of nitrogens with one attached hydrogen (secondary N) is 1. The number of amides is 4. The molecule has 3 aromatic rings. The van der Waals surface area contributed by atoms with E-state index in [2.05, 4.69) is 5.32 Å². The summed E-state index contributed by atoms with van der Waals surface area (Å²) in [6.45, 7) is 3.92. The summed E-state index contributed by atoms with van der Waals surface area (Å²) < 4.78 is 7.19. The molecule has 2 fully saturated rings. The van der Waals surface area contributed by atoms with E-state index in [1.54, 1.807) is 23.1 Å². The van der Waals surface area contributed by atoms with E-state index in [4.69, 9.17) is 4.74 Å². The summed E-state index contributed by atoms with van der Waals surface area (Å²) in [6.07, 6.45) is 3.47. The maximum absolute atomic E-state index is 13.0. The van der Waals surface area contributed by atoms with Crippen LogP contribution >= 0.6 is 11.8 Å². The zero-order valence-corrected chi connectivity index (χ0v) is 21.1. The number of carbonyl (C=O) groups is 4. The standard InChI is InChI=1S/C27H26N4O5S/c1-18-6-8-20(9-7-18)28-24(32)16-31-26(34)23(37-27(31)35)14-19-15-30(22-5-3-2-4-21(19)22)17-25(33)29-10-12-36-13-11-29/h2-9,14-15H,10-13,16-17H2,1H3,(H,28,32)/b23-14-. The number of hydrogen-bond donors (Lipinski definition) is 1. The number of hydrogen-bond acceptors (Lipinski definition) is 6. The number of anilines is 1. The molecule has 2 saturated heterocycles. The van der Waals surface area contributed by atoms with Gasteiger partial charge >= 0.3 is 0 Å². The van der Waals surface area contributed by atoms with Gasteiger partial charge in [0.25, 0.3) is 11.1 Å². The number of carbonyl (C=O) groups excluding carboxylic acids is 4. The average Bonchev–Trinajstić information content (AvgIpc) is 3.37. The predicted molar refractivity (Wildman–Crippen MR) is 142 cm³/mol. The zero-order chi connectivity index (χ0) is 25.9. The van der Waals surface area contributed by atoms with Crippen LogP contribution in [0, 0.1) is 6.92 Å². The molecular weight excluding hydrogens is 492 g/mol. The molecule has 0 atom stereocenters. The van der Waals surface area contributed by atoms with Gasteiger partial charge in [-0.05, 0) is 43.0 Å². The van der Waals surface area contributed by atoms with Crippen molar-refractivity contribution in [2.75, 3.05) is 38.2 Å². The van der Waals surface area contributed by atoms with E-state index in [1.165, 1.54) is 0 Å². The summed E-state index contributed by atoms with van der Waals surface area (Å²) >= 11 is 0.802. The quantitative estimate of drug-likeness (QED) is 0.502. The highest BCUT2D eigenvalue weighted by molar-refractivity contribution is 8.18. The van der Waals surface area contributed by atoms with Crippen molar-refractivity contribution in [1.82, 2.24) is 14.4 Å². The lowest BCUT2D eigenvalue weighted by atomic mass is 10.1. The number of fused-ring (bicyclic) bond motifs is 1. The Morgan fingerprint density at radius 3 is 2.51 bits per heavy atom. The largest absolute Gasteiger partial charge is 0.378 e. The predicted octanol–water partition coefficient (Wildman–Crippen LogP) is 3.48. The summed E-state index contributed by atoms with van der Waals surface area (Å²) in [5.41, 5.74) is 3.23. The van der Waals surface area contributed by atoms with Crippen LogP contribution in [0.25, 0.3) is 17.0 Å². The van der Waals surface area contributed by atoms with Crippen molar-refractivity contribution in [2.45, 2.75) is 13.5 Å². The first-order valence-corrected chi connectivity index (χ1v) is 12.8. The van der Waals surface area contributed by atoms with E-state index in [0.717, 1.165) is 38.7 Å². The van der Waals surface area contributed by atoms with Gasteiger partial charge in [-0.25, -0.2) is 0 Å². The molecule has 9 nitrogen and oxygen atoms in total. The van der Waals surface area contributed by atoms with Gasteiger partial charge in [-0.15, -0.1) is 0 Å². The second-order valence-corrected chi connectivity index (χ2v) is 9.90. The number of para-hydroxylation sites is 1. The first-order chi connectivity index (χ1) is 17.9. The van der Waals surface area contributed by atoms with Crippen LogP contribution in [0.3, 0.4) is 0 Å². The van der Waals surface area contributed by atoms with E-state index in [0.29, 0.717) is 32.0 Å². The van der Waals surface area contributed by atoms with Crippen molar-refractivity contribution < 1.29 is 23.9 Å². The fraction of sp³-hybridized carbons (Fsp3) is 0.259. The van der Waals surface area contributed by atoms with Crippen molar-refractivity contribution in [3.8, 4) is 0 Å². The molecule has 2 aromatic carbocycles. The van der Waals surface area contributed by atoms with Gasteiger partial charge in [0.2, 0.25) is 11.8 Å². The maximum atomic E-state index is 13.0. The minimum Gasteiger partial charge on any atom is -0.378 e. The highest BCUT2D eigenvalue weighted by atomic mass is 32.2. The molecule has 10 heteroatoms. The van der Waals surface area contributed by atoms with Crippen LogP contribution in [-0.2, 0) is 25.7 Å². The molecule has 1 aromatic heterocycles. The van der Waals surface area contributed by atoms with Crippen molar-refractivity contribution in [3.63, 3.8) is 0 Å². The first-order valence-electron chi connectivity index (χ1n) is 11.9. The Balaban J connectivity index is 1.33. The van der Waals surface area contributed by atoms with Gasteiger partial charge in [0.05, 0.1) is 18.1 Å². The molecule has 4 amide bonds. The number of rotatable bonds is 6. The van der Waals surface area contributed by atoms with E-state index in [1.807, 2.05) is 54.1 Å². The SMILES string of the molecule is Cc1ccc(NC(=O)CN2C(=O)S/C(=C\c3cn(CC(=O)N4CCOCC4)c4ccccc34)C2=O)cc1. The Kier molecular flexibility index (Phi) is 7.11. The van der Waals surface area contributed by atoms with Crippen LogP contribution < -0.4 is 5.32 Å². The monoisotopic (exact) mass is 518 g/mol. The zero-order valence-electron chi connectivity index (χ0n) is 20.3. The summed E-state index contributed by atoms with van der Waals surface area (Å²) in [7, 11) is 0. The molecule has 190 valence electrons. The Morgan fingerprint density at radius 2 is 1.76 bits per heavy atom. The molecule has 0 unspecified atom stereocenters. The van der Waals surface area contributed by atoms with E-state index in [9.17, 15) is 19.2 Å². The second kappa shape index (κ2) is 10.6. The summed E-state index contributed by atoms with van der Waals surface area (Å²) in [4.78, 5) is 53.9. The fourth-order valence-electron chi connectivity index (χ4n) is 4.34. The van der Waals surface area contributed by atoms with Crippen molar-refractivity contribution in [2.24, 2.45) is 0 Å². The molecule has 0 radical (unpaired) electrons. The molecular formula is C27H26N4O5S. The number of aromatic nitrogens is 1. The molecule has 2 aliphatic heterocycles. The molecule has 3 heterocycles. The van der Waals surface area contributed by atoms with Gasteiger partial charge in [-0.2, -0.15) is 0 Å². The van der Waals surface area contributed by atoms with Gasteiger partial charge in [-0.1, -0.05) is 35.9 Å². The van der Waals surface area contributed by atoms with Crippen LogP contribution in [0.5, 0.6) is 0 Å². The van der Waals surface area contributed by atoms with Gasteiger partial charge in [0.1, 0.15) is 13.1 Å². The number of nitrogens with zero attached hydrogens (tertiary/aromatic N) is 3. The minimum absolute atomic E-state index is 0.00415. The summed E-state index contributed by atoms with van der Waals surface area (Å²) in [5.74, 6) is -0.976. The molecule has 5 rings (SSSR count). The van der Waals surface area contributed by atoms with Gasteiger partial charge in [0, 0.05) is 41.4 Å². The highest BCUT2D eigenvalue weighted by Gasteiger charge is 2.36. The van der Waals surface area contributed by atoms with Crippen molar-refractivity contribution >= 4 is 57.4 Å². The smallest absolute Gasteiger partial charge is 0.294 e. The van der Waals surface area contributed by atoms with Crippen LogP contribution in [0.2, 0.25) is 0 Å². The number of imide groups is 1. The van der Waals surface area contributed by atoms with Gasteiger partial charge in [0.15, 0.2) is 0 Å². The van der Waals surface area contributed by atoms with Crippen LogP contribution in [0.1, 0.15) is 11.1 Å².